The molecular weight excluding hydrogens is 364 g/mol. The number of nitrogens with zero attached hydrogens (tertiary/aromatic N) is 1. The summed E-state index contributed by atoms with van der Waals surface area (Å²) >= 11 is 0. The van der Waals surface area contributed by atoms with Crippen LogP contribution >= 0.6 is 0 Å². The molecule has 1 N–H and O–H groups in total. The molecule has 158 valence electrons. The fourth-order valence-electron chi connectivity index (χ4n) is 3.30. The van der Waals surface area contributed by atoms with Gasteiger partial charge in [0.05, 0.1) is 12.2 Å². The Balaban J connectivity index is 2.24. The summed E-state index contributed by atoms with van der Waals surface area (Å²) in [5.74, 6) is 0.355. The van der Waals surface area contributed by atoms with Gasteiger partial charge in [-0.2, -0.15) is 0 Å². The van der Waals surface area contributed by atoms with Crippen molar-refractivity contribution in [2.75, 3.05) is 0 Å². The second kappa shape index (κ2) is 12.1. The molecule has 1 heterocycles. The molecule has 2 aromatic rings. The van der Waals surface area contributed by atoms with Crippen molar-refractivity contribution in [3.05, 3.63) is 63.6 Å². The Morgan fingerprint density at radius 2 is 1.79 bits per heavy atom. The van der Waals surface area contributed by atoms with Crippen molar-refractivity contribution in [3.63, 3.8) is 0 Å². The molecule has 2 rings (SSSR count). The summed E-state index contributed by atoms with van der Waals surface area (Å²) in [5, 5.41) is 2.99. The molecule has 0 fully saturated rings. The molecule has 1 amide bonds. The van der Waals surface area contributed by atoms with Crippen molar-refractivity contribution < 1.29 is 9.53 Å². The maximum absolute atomic E-state index is 12.7. The number of pyridine rings is 1. The third-order valence-electron chi connectivity index (χ3n) is 5.00. The Morgan fingerprint density at radius 1 is 1.07 bits per heavy atom. The third-order valence-corrected chi connectivity index (χ3v) is 5.00. The monoisotopic (exact) mass is 398 g/mol. The fraction of sp³-hybridized carbons (Fsp3) is 0.500. The topological polar surface area (TPSA) is 60.3 Å². The smallest absolute Gasteiger partial charge is 0.224 e. The number of aromatic nitrogens is 1. The molecule has 0 saturated carbocycles. The number of rotatable bonds is 12. The molecule has 0 saturated heterocycles. The number of hydrogen-bond acceptors (Lipinski definition) is 3. The lowest BCUT2D eigenvalue weighted by Gasteiger charge is -2.21. The molecule has 0 aliphatic rings. The quantitative estimate of drug-likeness (QED) is 0.526. The van der Waals surface area contributed by atoms with Crippen molar-refractivity contribution in [1.82, 2.24) is 9.88 Å². The first-order chi connectivity index (χ1) is 14.1. The number of amides is 1. The minimum absolute atomic E-state index is 0.0171. The molecule has 29 heavy (non-hydrogen) atoms. The van der Waals surface area contributed by atoms with Gasteiger partial charge in [0.25, 0.3) is 0 Å². The third kappa shape index (κ3) is 7.08. The number of carbonyl (C=O) groups is 1. The lowest BCUT2D eigenvalue weighted by Crippen LogP contribution is -2.28. The van der Waals surface area contributed by atoms with Crippen LogP contribution in [0.5, 0.6) is 5.75 Å². The van der Waals surface area contributed by atoms with E-state index < -0.39 is 0 Å². The Morgan fingerprint density at radius 3 is 2.48 bits per heavy atom. The highest BCUT2D eigenvalue weighted by atomic mass is 16.5. The molecule has 0 atom stereocenters. The Hall–Kier alpha value is -2.56. The molecule has 1 aromatic carbocycles. The van der Waals surface area contributed by atoms with E-state index in [9.17, 15) is 9.59 Å². The zero-order valence-electron chi connectivity index (χ0n) is 18.0. The first-order valence-electron chi connectivity index (χ1n) is 10.7. The van der Waals surface area contributed by atoms with Gasteiger partial charge in [-0.3, -0.25) is 9.59 Å². The van der Waals surface area contributed by atoms with Crippen LogP contribution < -0.4 is 15.5 Å². The van der Waals surface area contributed by atoms with Gasteiger partial charge >= 0.3 is 0 Å². The predicted molar refractivity (Wildman–Crippen MR) is 117 cm³/mol. The maximum atomic E-state index is 12.7. The van der Waals surface area contributed by atoms with Gasteiger partial charge in [-0.1, -0.05) is 63.4 Å². The largest absolute Gasteiger partial charge is 0.483 e. The number of ether oxygens (including phenoxy) is 1. The molecule has 0 aliphatic carbocycles. The van der Waals surface area contributed by atoms with Crippen molar-refractivity contribution in [1.29, 1.82) is 0 Å². The van der Waals surface area contributed by atoms with Gasteiger partial charge in [-0.05, 0) is 25.3 Å². The SMILES string of the molecule is CCCCCC(=O)NCc1c(OCc2ccccc2)c(=O)cc(C)n1CCCC. The van der Waals surface area contributed by atoms with E-state index in [1.165, 1.54) is 0 Å². The normalized spacial score (nSPS) is 10.7. The summed E-state index contributed by atoms with van der Waals surface area (Å²) in [6.07, 6.45) is 5.58. The second-order valence-electron chi connectivity index (χ2n) is 7.44. The van der Waals surface area contributed by atoms with E-state index in [4.69, 9.17) is 4.74 Å². The van der Waals surface area contributed by atoms with Crippen molar-refractivity contribution in [2.24, 2.45) is 0 Å². The summed E-state index contributed by atoms with van der Waals surface area (Å²) in [4.78, 5) is 25.0. The molecule has 0 bridgehead atoms. The number of nitrogens with one attached hydrogen (secondary N) is 1. The van der Waals surface area contributed by atoms with E-state index in [-0.39, 0.29) is 11.3 Å². The highest BCUT2D eigenvalue weighted by Crippen LogP contribution is 2.19. The number of benzene rings is 1. The molecule has 1 aromatic heterocycles. The summed E-state index contributed by atoms with van der Waals surface area (Å²) < 4.78 is 8.08. The number of unbranched alkanes of at least 4 members (excludes halogenated alkanes) is 3. The van der Waals surface area contributed by atoms with Crippen LogP contribution in [0.2, 0.25) is 0 Å². The fourth-order valence-corrected chi connectivity index (χ4v) is 3.30. The summed E-state index contributed by atoms with van der Waals surface area (Å²) in [6.45, 7) is 7.61. The second-order valence-corrected chi connectivity index (χ2v) is 7.44. The van der Waals surface area contributed by atoms with Crippen LogP contribution in [0, 0.1) is 6.92 Å². The van der Waals surface area contributed by atoms with E-state index >= 15 is 0 Å². The molecule has 0 aliphatic heterocycles. The number of aryl methyl sites for hydroxylation is 1. The van der Waals surface area contributed by atoms with Crippen LogP contribution in [0.3, 0.4) is 0 Å². The van der Waals surface area contributed by atoms with Crippen LogP contribution in [0.15, 0.2) is 41.2 Å². The van der Waals surface area contributed by atoms with E-state index in [1.807, 2.05) is 37.3 Å². The summed E-state index contributed by atoms with van der Waals surface area (Å²) in [5.41, 5.74) is 2.51. The van der Waals surface area contributed by atoms with Gasteiger partial charge in [0.1, 0.15) is 6.61 Å². The molecule has 0 unspecified atom stereocenters. The summed E-state index contributed by atoms with van der Waals surface area (Å²) in [6, 6.07) is 11.4. The van der Waals surface area contributed by atoms with Crippen LogP contribution in [-0.4, -0.2) is 10.5 Å². The van der Waals surface area contributed by atoms with Gasteiger partial charge < -0.3 is 14.6 Å². The van der Waals surface area contributed by atoms with Crippen LogP contribution in [0.1, 0.15) is 69.3 Å². The van der Waals surface area contributed by atoms with E-state index in [0.29, 0.717) is 25.3 Å². The lowest BCUT2D eigenvalue weighted by atomic mass is 10.2. The summed E-state index contributed by atoms with van der Waals surface area (Å²) in [7, 11) is 0. The Kier molecular flexibility index (Phi) is 9.48. The van der Waals surface area contributed by atoms with Crippen LogP contribution in [-0.2, 0) is 24.5 Å². The Labute approximate surface area is 174 Å². The van der Waals surface area contributed by atoms with Crippen molar-refractivity contribution in [3.8, 4) is 5.75 Å². The van der Waals surface area contributed by atoms with E-state index in [2.05, 4.69) is 23.7 Å². The predicted octanol–water partition coefficient (Wildman–Crippen LogP) is 4.73. The first-order valence-corrected chi connectivity index (χ1v) is 10.7. The average molecular weight is 399 g/mol. The molecule has 5 heteroatoms. The zero-order chi connectivity index (χ0) is 21.1. The van der Waals surface area contributed by atoms with Crippen LogP contribution in [0.4, 0.5) is 0 Å². The number of hydrogen-bond donors (Lipinski definition) is 1. The van der Waals surface area contributed by atoms with Crippen molar-refractivity contribution >= 4 is 5.91 Å². The van der Waals surface area contributed by atoms with E-state index in [0.717, 1.165) is 55.6 Å². The minimum atomic E-state index is -0.138. The van der Waals surface area contributed by atoms with Gasteiger partial charge in [-0.25, -0.2) is 0 Å². The molecule has 0 spiro atoms. The zero-order valence-corrected chi connectivity index (χ0v) is 18.0. The van der Waals surface area contributed by atoms with E-state index in [1.54, 1.807) is 6.07 Å². The highest BCUT2D eigenvalue weighted by molar-refractivity contribution is 5.75. The van der Waals surface area contributed by atoms with Crippen LogP contribution in [0.25, 0.3) is 0 Å². The standard InChI is InChI=1S/C24H34N2O3/c1-4-6-9-14-23(28)25-17-21-24(29-18-20-12-10-8-11-13-20)22(27)16-19(3)26(21)15-7-5-2/h8,10-13,16H,4-7,9,14-15,17-18H2,1-3H3,(H,25,28). The highest BCUT2D eigenvalue weighted by Gasteiger charge is 2.16. The lowest BCUT2D eigenvalue weighted by molar-refractivity contribution is -0.121. The van der Waals surface area contributed by atoms with Crippen molar-refractivity contribution in [2.45, 2.75) is 79.0 Å². The van der Waals surface area contributed by atoms with Gasteiger partial charge in [0.2, 0.25) is 11.3 Å². The Bertz CT molecular complexity index is 828. The molecule has 0 radical (unpaired) electrons. The minimum Gasteiger partial charge on any atom is -0.483 e. The van der Waals surface area contributed by atoms with Gasteiger partial charge in [-0.15, -0.1) is 0 Å². The number of carbonyl (C=O) groups excluding carboxylic acids is 1. The average Bonchev–Trinajstić information content (AvgIpc) is 2.72. The molecular formula is C24H34N2O3. The first kappa shape index (κ1) is 22.7. The molecule has 5 nitrogen and oxygen atoms in total. The van der Waals surface area contributed by atoms with Gasteiger partial charge in [0.15, 0.2) is 5.75 Å². The van der Waals surface area contributed by atoms with Gasteiger partial charge in [0, 0.05) is 24.7 Å². The maximum Gasteiger partial charge on any atom is 0.224 e.